The predicted octanol–water partition coefficient (Wildman–Crippen LogP) is -6.88. The first kappa shape index (κ1) is 50.4. The van der Waals surface area contributed by atoms with Gasteiger partial charge in [0, 0.05) is 41.6 Å². The number of rotatable bonds is 0. The van der Waals surface area contributed by atoms with Gasteiger partial charge in [0.2, 0.25) is 0 Å². The van der Waals surface area contributed by atoms with Gasteiger partial charge in [-0.1, -0.05) is 0 Å². The molecule has 24 heavy (non-hydrogen) atoms. The average molecular weight is 481 g/mol. The Morgan fingerprint density at radius 2 is 0.292 bits per heavy atom. The Labute approximate surface area is 201 Å². The maximum Gasteiger partial charge on any atom is 2.00 e. The number of hydrogen-bond acceptors (Lipinski definition) is 16. The van der Waals surface area contributed by atoms with Gasteiger partial charge >= 0.3 is 92.2 Å². The van der Waals surface area contributed by atoms with Gasteiger partial charge in [-0.05, 0) is 0 Å². The molecule has 0 amide bonds. The van der Waals surface area contributed by atoms with Crippen LogP contribution in [0.15, 0.2) is 0 Å². The van der Waals surface area contributed by atoms with Crippen molar-refractivity contribution in [2.75, 3.05) is 0 Å². The monoisotopic (exact) mass is 480 g/mol. The third kappa shape index (κ3) is 2100. The number of hydrogen-bond donors (Lipinski definition) is 0. The summed E-state index contributed by atoms with van der Waals surface area (Å²) in [6.07, 6.45) is 0. The SMILES string of the molecule is O=S(=O)([O-])[O-].O=S(=O)([O-])[O-].O=S(=O)([O-])[O-].O=S(=O)([O-])[O-].[Mg+2].[Mg+2].[Mg+2].[Mg+2]. The van der Waals surface area contributed by atoms with E-state index in [-0.39, 0.29) is 92.2 Å². The molecule has 0 rings (SSSR count). The van der Waals surface area contributed by atoms with Crippen LogP contribution in [0.2, 0.25) is 0 Å². The van der Waals surface area contributed by atoms with E-state index in [9.17, 15) is 0 Å². The van der Waals surface area contributed by atoms with Gasteiger partial charge in [-0.25, -0.2) is 0 Å². The summed E-state index contributed by atoms with van der Waals surface area (Å²) < 4.78 is 136. The second kappa shape index (κ2) is 21.8. The molecule has 0 bridgehead atoms. The standard InChI is InChI=1S/4Mg.4H2O4S/c;;;;4*1-5(2,3)4/h;;;;4*(H2,1,2,3,4)/q4*+2;;;;/p-8. The van der Waals surface area contributed by atoms with E-state index in [2.05, 4.69) is 0 Å². The van der Waals surface area contributed by atoms with Crippen molar-refractivity contribution >= 4 is 134 Å². The molecule has 0 heterocycles. The second-order valence-corrected chi connectivity index (χ2v) is 4.90. The van der Waals surface area contributed by atoms with Gasteiger partial charge in [0.05, 0.1) is 0 Å². The molecule has 0 aliphatic rings. The quantitative estimate of drug-likeness (QED) is 0.176. The molecule has 24 heteroatoms. The molecule has 0 saturated heterocycles. The van der Waals surface area contributed by atoms with Crippen LogP contribution in [0.4, 0.5) is 0 Å². The van der Waals surface area contributed by atoms with Gasteiger partial charge in [-0.2, -0.15) is 0 Å². The Kier molecular flexibility index (Phi) is 45.8. The van der Waals surface area contributed by atoms with E-state index in [0.717, 1.165) is 0 Å². The predicted molar refractivity (Wildman–Crippen MR) is 64.9 cm³/mol. The Balaban J connectivity index is -0.0000000225. The van der Waals surface area contributed by atoms with Crippen LogP contribution in [0, 0.1) is 0 Å². The van der Waals surface area contributed by atoms with Gasteiger partial charge < -0.3 is 36.4 Å². The third-order valence-electron chi connectivity index (χ3n) is 0. The van der Waals surface area contributed by atoms with Crippen LogP contribution in [0.1, 0.15) is 0 Å². The van der Waals surface area contributed by atoms with Crippen molar-refractivity contribution in [3.8, 4) is 0 Å². The van der Waals surface area contributed by atoms with Gasteiger partial charge in [0.1, 0.15) is 0 Å². The van der Waals surface area contributed by atoms with Crippen molar-refractivity contribution in [1.29, 1.82) is 0 Å². The molecule has 0 radical (unpaired) electrons. The van der Waals surface area contributed by atoms with Gasteiger partial charge in [-0.3, -0.25) is 33.7 Å². The summed E-state index contributed by atoms with van der Waals surface area (Å²) in [6, 6.07) is 0. The molecule has 0 aromatic carbocycles. The fourth-order valence-electron chi connectivity index (χ4n) is 0. The van der Waals surface area contributed by atoms with Gasteiger partial charge in [-0.15, -0.1) is 0 Å². The molecule has 0 N–H and O–H groups in total. The molecule has 0 aliphatic carbocycles. The zero-order valence-electron chi connectivity index (χ0n) is 11.0. The van der Waals surface area contributed by atoms with Crippen LogP contribution in [-0.2, 0) is 41.6 Å². The normalized spacial score (nSPS) is 9.67. The Morgan fingerprint density at radius 1 is 0.292 bits per heavy atom. The maximum absolute atomic E-state index is 8.52. The van der Waals surface area contributed by atoms with Gasteiger partial charge in [0.25, 0.3) is 0 Å². The van der Waals surface area contributed by atoms with Crippen LogP contribution < -0.4 is 0 Å². The summed E-state index contributed by atoms with van der Waals surface area (Å²) in [7, 11) is -20.7. The summed E-state index contributed by atoms with van der Waals surface area (Å²) in [5, 5.41) is 0. The largest absolute Gasteiger partial charge is 2.00 e. The Bertz CT molecular complexity index is 483. The summed E-state index contributed by atoms with van der Waals surface area (Å²) >= 11 is 0. The smallest absolute Gasteiger partial charge is 0.759 e. The molecule has 0 aromatic heterocycles. The molecule has 0 aromatic rings. The molecule has 0 spiro atoms. The van der Waals surface area contributed by atoms with Crippen LogP contribution in [-0.4, -0.2) is 162 Å². The fraction of sp³-hybridized carbons (Fsp3) is 0. The zero-order chi connectivity index (χ0) is 18.0. The molecule has 0 aliphatic heterocycles. The molecular weight excluding hydrogens is 481 g/mol. The average Bonchev–Trinajstić information content (AvgIpc) is 1.62. The van der Waals surface area contributed by atoms with Crippen LogP contribution in [0.5, 0.6) is 0 Å². The van der Waals surface area contributed by atoms with E-state index in [0.29, 0.717) is 0 Å². The summed E-state index contributed by atoms with van der Waals surface area (Å²) in [6.45, 7) is 0. The van der Waals surface area contributed by atoms with Crippen LogP contribution in [0.3, 0.4) is 0 Å². The van der Waals surface area contributed by atoms with Crippen molar-refractivity contribution in [1.82, 2.24) is 0 Å². The molecular formula is Mg4O16S4. The summed E-state index contributed by atoms with van der Waals surface area (Å²) in [5.41, 5.74) is 0. The Morgan fingerprint density at radius 3 is 0.292 bits per heavy atom. The van der Waals surface area contributed by atoms with E-state index < -0.39 is 41.6 Å². The molecule has 16 nitrogen and oxygen atoms in total. The van der Waals surface area contributed by atoms with Crippen LogP contribution >= 0.6 is 0 Å². The molecule has 0 saturated carbocycles. The van der Waals surface area contributed by atoms with Crippen molar-refractivity contribution in [2.24, 2.45) is 0 Å². The van der Waals surface area contributed by atoms with Crippen molar-refractivity contribution < 1.29 is 70.1 Å². The first-order chi connectivity index (χ1) is 8.00. The van der Waals surface area contributed by atoms with E-state index in [1.807, 2.05) is 0 Å². The fourth-order valence-corrected chi connectivity index (χ4v) is 0. The first-order valence-electron chi connectivity index (χ1n) is 2.67. The van der Waals surface area contributed by atoms with E-state index in [4.69, 9.17) is 70.1 Å². The third-order valence-corrected chi connectivity index (χ3v) is 0. The van der Waals surface area contributed by atoms with Crippen molar-refractivity contribution in [2.45, 2.75) is 0 Å². The summed E-state index contributed by atoms with van der Waals surface area (Å²) in [5.74, 6) is 0. The van der Waals surface area contributed by atoms with Crippen LogP contribution in [0.25, 0.3) is 0 Å². The molecule has 0 atom stereocenters. The topological polar surface area (TPSA) is 321 Å². The van der Waals surface area contributed by atoms with E-state index >= 15 is 0 Å². The minimum atomic E-state index is -5.17. The van der Waals surface area contributed by atoms with Crippen molar-refractivity contribution in [3.05, 3.63) is 0 Å². The second-order valence-electron chi connectivity index (χ2n) is 1.63. The van der Waals surface area contributed by atoms with E-state index in [1.165, 1.54) is 0 Å². The molecule has 0 fully saturated rings. The van der Waals surface area contributed by atoms with Crippen molar-refractivity contribution in [3.63, 3.8) is 0 Å². The van der Waals surface area contributed by atoms with Gasteiger partial charge in [0.15, 0.2) is 0 Å². The molecule has 128 valence electrons. The zero-order valence-corrected chi connectivity index (χ0v) is 19.9. The van der Waals surface area contributed by atoms with E-state index in [1.54, 1.807) is 0 Å². The first-order valence-corrected chi connectivity index (χ1v) is 8.00. The minimum Gasteiger partial charge on any atom is -0.759 e. The molecule has 0 unspecified atom stereocenters. The summed E-state index contributed by atoms with van der Waals surface area (Å²) in [4.78, 5) is 0. The minimum absolute atomic E-state index is 0. The Hall–Kier alpha value is 2.54. The maximum atomic E-state index is 8.52.